The van der Waals surface area contributed by atoms with E-state index in [-0.39, 0.29) is 6.61 Å². The molecule has 76 valence electrons. The average molecular weight is 209 g/mol. The van der Waals surface area contributed by atoms with Gasteiger partial charge in [-0.2, -0.15) is 0 Å². The summed E-state index contributed by atoms with van der Waals surface area (Å²) in [5, 5.41) is 9.51. The molecule has 1 aliphatic heterocycles. The summed E-state index contributed by atoms with van der Waals surface area (Å²) in [7, 11) is 0. The number of anilines is 1. The fourth-order valence-corrected chi connectivity index (χ4v) is 3.10. The number of nitrogens with zero attached hydrogens (tertiary/aromatic N) is 1. The second-order valence-electron chi connectivity index (χ2n) is 3.37. The van der Waals surface area contributed by atoms with Gasteiger partial charge in [-0.1, -0.05) is 30.8 Å². The van der Waals surface area contributed by atoms with Crippen LogP contribution in [0.5, 0.6) is 0 Å². The summed E-state index contributed by atoms with van der Waals surface area (Å²) in [5.74, 6) is 0. The first kappa shape index (κ1) is 9.87. The molecule has 0 fully saturated rings. The molecule has 0 saturated heterocycles. The van der Waals surface area contributed by atoms with Gasteiger partial charge in [-0.25, -0.2) is 0 Å². The van der Waals surface area contributed by atoms with E-state index in [0.717, 1.165) is 13.0 Å². The van der Waals surface area contributed by atoms with Crippen LogP contribution in [0.3, 0.4) is 0 Å². The van der Waals surface area contributed by atoms with Gasteiger partial charge in [0.2, 0.25) is 0 Å². The number of β-amino-alcohol motifs (C(OH)–C–C–N with tert-alkyl or cyclic N) is 1. The van der Waals surface area contributed by atoms with Gasteiger partial charge in [0.15, 0.2) is 0 Å². The first-order chi connectivity index (χ1) is 6.86. The minimum Gasteiger partial charge on any atom is -0.395 e. The maximum absolute atomic E-state index is 9.01. The fourth-order valence-electron chi connectivity index (χ4n) is 1.84. The Balaban J connectivity index is 2.27. The Hall–Kier alpha value is -0.670. The summed E-state index contributed by atoms with van der Waals surface area (Å²) >= 11 is 1.90. The minimum absolute atomic E-state index is 0.228. The van der Waals surface area contributed by atoms with E-state index in [2.05, 4.69) is 36.1 Å². The zero-order valence-corrected chi connectivity index (χ0v) is 9.13. The normalized spacial score (nSPS) is 19.9. The topological polar surface area (TPSA) is 23.5 Å². The van der Waals surface area contributed by atoms with Gasteiger partial charge in [0.25, 0.3) is 0 Å². The lowest BCUT2D eigenvalue weighted by Gasteiger charge is -2.24. The van der Waals surface area contributed by atoms with Crippen LogP contribution in [0.25, 0.3) is 0 Å². The Bertz CT molecular complexity index is 316. The van der Waals surface area contributed by atoms with Crippen molar-refractivity contribution < 1.29 is 5.11 Å². The van der Waals surface area contributed by atoms with Crippen LogP contribution >= 0.6 is 11.8 Å². The Morgan fingerprint density at radius 2 is 2.21 bits per heavy atom. The van der Waals surface area contributed by atoms with Crippen LogP contribution in [0.1, 0.15) is 13.3 Å². The Kier molecular flexibility index (Phi) is 2.99. The summed E-state index contributed by atoms with van der Waals surface area (Å²) in [5.41, 5.74) is 1.28. The average Bonchev–Trinajstić information content (AvgIpc) is 2.58. The van der Waals surface area contributed by atoms with Crippen LogP contribution in [-0.4, -0.2) is 23.6 Å². The number of thioether (sulfide) groups is 1. The number of rotatable bonds is 3. The van der Waals surface area contributed by atoms with Crippen LogP contribution in [0.2, 0.25) is 0 Å². The van der Waals surface area contributed by atoms with E-state index in [1.54, 1.807) is 0 Å². The second-order valence-corrected chi connectivity index (χ2v) is 4.59. The minimum atomic E-state index is 0.228. The van der Waals surface area contributed by atoms with Crippen molar-refractivity contribution in [1.29, 1.82) is 0 Å². The molecule has 1 atom stereocenters. The van der Waals surface area contributed by atoms with Gasteiger partial charge in [-0.15, -0.1) is 0 Å². The van der Waals surface area contributed by atoms with Gasteiger partial charge >= 0.3 is 0 Å². The molecule has 1 unspecified atom stereocenters. The van der Waals surface area contributed by atoms with Crippen molar-refractivity contribution in [1.82, 2.24) is 0 Å². The molecule has 2 rings (SSSR count). The largest absolute Gasteiger partial charge is 0.395 e. The van der Waals surface area contributed by atoms with E-state index in [1.165, 1.54) is 10.6 Å². The van der Waals surface area contributed by atoms with Crippen molar-refractivity contribution in [2.45, 2.75) is 23.6 Å². The van der Waals surface area contributed by atoms with Crippen molar-refractivity contribution in [2.24, 2.45) is 0 Å². The van der Waals surface area contributed by atoms with Crippen LogP contribution in [-0.2, 0) is 0 Å². The van der Waals surface area contributed by atoms with Crippen molar-refractivity contribution in [3.8, 4) is 0 Å². The molecule has 0 amide bonds. The molecule has 3 heteroatoms. The van der Waals surface area contributed by atoms with E-state index >= 15 is 0 Å². The van der Waals surface area contributed by atoms with Gasteiger partial charge in [0.05, 0.1) is 17.7 Å². The van der Waals surface area contributed by atoms with Gasteiger partial charge in [-0.3, -0.25) is 0 Å². The molecule has 0 aromatic heterocycles. The number of aliphatic hydroxyl groups excluding tert-OH is 1. The summed E-state index contributed by atoms with van der Waals surface area (Å²) in [4.78, 5) is 3.63. The van der Waals surface area contributed by atoms with Crippen LogP contribution in [0.15, 0.2) is 29.2 Å². The molecular weight excluding hydrogens is 194 g/mol. The van der Waals surface area contributed by atoms with Crippen LogP contribution in [0.4, 0.5) is 5.69 Å². The molecule has 0 aliphatic carbocycles. The molecule has 2 nitrogen and oxygen atoms in total. The van der Waals surface area contributed by atoms with Gasteiger partial charge in [0, 0.05) is 11.4 Å². The lowest BCUT2D eigenvalue weighted by molar-refractivity contribution is 0.301. The van der Waals surface area contributed by atoms with Gasteiger partial charge in [0.1, 0.15) is 0 Å². The predicted octanol–water partition coefficient (Wildman–Crippen LogP) is 2.33. The smallest absolute Gasteiger partial charge is 0.0796 e. The highest BCUT2D eigenvalue weighted by atomic mass is 32.2. The standard InChI is InChI=1S/C11H15NOS/c1-2-11-12(7-8-13)9-5-3-4-6-10(9)14-11/h3-6,11,13H,2,7-8H2,1H3. The highest BCUT2D eigenvalue weighted by Crippen LogP contribution is 2.43. The number of aliphatic hydroxyl groups is 1. The highest BCUT2D eigenvalue weighted by Gasteiger charge is 2.27. The number of hydrogen-bond acceptors (Lipinski definition) is 3. The van der Waals surface area contributed by atoms with E-state index < -0.39 is 0 Å². The molecule has 1 N–H and O–H groups in total. The van der Waals surface area contributed by atoms with Gasteiger partial charge in [-0.05, 0) is 18.6 Å². The zero-order valence-electron chi connectivity index (χ0n) is 8.31. The van der Waals surface area contributed by atoms with Crippen molar-refractivity contribution >= 4 is 17.4 Å². The van der Waals surface area contributed by atoms with E-state index in [1.807, 2.05) is 11.8 Å². The third-order valence-corrected chi connectivity index (χ3v) is 3.93. The van der Waals surface area contributed by atoms with Gasteiger partial charge < -0.3 is 10.0 Å². The molecular formula is C11H15NOS. The SMILES string of the molecule is CCC1Sc2ccccc2N1CCO. The maximum atomic E-state index is 9.01. The molecule has 0 spiro atoms. The zero-order chi connectivity index (χ0) is 9.97. The Morgan fingerprint density at radius 3 is 2.93 bits per heavy atom. The number of benzene rings is 1. The lowest BCUT2D eigenvalue weighted by Crippen LogP contribution is -2.31. The Morgan fingerprint density at radius 1 is 1.43 bits per heavy atom. The van der Waals surface area contributed by atoms with E-state index in [9.17, 15) is 0 Å². The molecule has 14 heavy (non-hydrogen) atoms. The molecule has 1 aromatic rings. The molecule has 1 aromatic carbocycles. The van der Waals surface area contributed by atoms with E-state index in [4.69, 9.17) is 5.11 Å². The molecule has 1 heterocycles. The summed E-state index contributed by atoms with van der Waals surface area (Å²) in [6, 6.07) is 8.41. The summed E-state index contributed by atoms with van der Waals surface area (Å²) in [6.07, 6.45) is 1.11. The number of hydrogen-bond donors (Lipinski definition) is 1. The van der Waals surface area contributed by atoms with E-state index in [0.29, 0.717) is 5.37 Å². The van der Waals surface area contributed by atoms with Crippen LogP contribution < -0.4 is 4.90 Å². The molecule has 0 saturated carbocycles. The third-order valence-electron chi connectivity index (χ3n) is 2.48. The number of fused-ring (bicyclic) bond motifs is 1. The summed E-state index contributed by atoms with van der Waals surface area (Å²) in [6.45, 7) is 3.15. The quantitative estimate of drug-likeness (QED) is 0.826. The molecule has 0 bridgehead atoms. The maximum Gasteiger partial charge on any atom is 0.0796 e. The fraction of sp³-hybridized carbons (Fsp3) is 0.455. The number of para-hydroxylation sites is 1. The molecule has 0 radical (unpaired) electrons. The second kappa shape index (κ2) is 4.24. The lowest BCUT2D eigenvalue weighted by atomic mass is 10.2. The highest BCUT2D eigenvalue weighted by molar-refractivity contribution is 8.00. The van der Waals surface area contributed by atoms with Crippen molar-refractivity contribution in [2.75, 3.05) is 18.1 Å². The first-order valence-corrected chi connectivity index (χ1v) is 5.88. The Labute approximate surface area is 88.9 Å². The molecule has 1 aliphatic rings. The van der Waals surface area contributed by atoms with Crippen LogP contribution in [0, 0.1) is 0 Å². The monoisotopic (exact) mass is 209 g/mol. The van der Waals surface area contributed by atoms with Crippen molar-refractivity contribution in [3.63, 3.8) is 0 Å². The predicted molar refractivity (Wildman–Crippen MR) is 60.8 cm³/mol. The van der Waals surface area contributed by atoms with Crippen molar-refractivity contribution in [3.05, 3.63) is 24.3 Å². The third kappa shape index (κ3) is 1.62. The first-order valence-electron chi connectivity index (χ1n) is 5.00. The summed E-state index contributed by atoms with van der Waals surface area (Å²) < 4.78 is 0.